The zero-order valence-electron chi connectivity index (χ0n) is 15.2. The van der Waals surface area contributed by atoms with E-state index < -0.39 is 11.5 Å². The number of carbonyl (C=O) groups is 2. The first-order valence-corrected chi connectivity index (χ1v) is 8.89. The minimum absolute atomic E-state index is 0.288. The van der Waals surface area contributed by atoms with E-state index in [-0.39, 0.29) is 5.91 Å². The second-order valence-corrected chi connectivity index (χ2v) is 6.44. The van der Waals surface area contributed by atoms with Crippen LogP contribution in [0.1, 0.15) is 56.8 Å². The maximum atomic E-state index is 12.9. The molecule has 1 amide bonds. The number of ether oxygens (including phenoxy) is 2. The van der Waals surface area contributed by atoms with Crippen molar-refractivity contribution in [2.45, 2.75) is 52.0 Å². The Labute approximate surface area is 148 Å². The van der Waals surface area contributed by atoms with Gasteiger partial charge in [0, 0.05) is 12.1 Å². The molecule has 6 nitrogen and oxygen atoms in total. The van der Waals surface area contributed by atoms with Crippen molar-refractivity contribution < 1.29 is 24.2 Å². The molecule has 25 heavy (non-hydrogen) atoms. The zero-order chi connectivity index (χ0) is 18.4. The molecule has 0 saturated carbocycles. The number of hydrogen-bond acceptors (Lipinski definition) is 4. The quantitative estimate of drug-likeness (QED) is 0.729. The summed E-state index contributed by atoms with van der Waals surface area (Å²) in [6, 6.07) is 5.04. The van der Waals surface area contributed by atoms with Crippen molar-refractivity contribution in [3.05, 3.63) is 23.8 Å². The van der Waals surface area contributed by atoms with Gasteiger partial charge in [-0.3, -0.25) is 4.79 Å². The highest BCUT2D eigenvalue weighted by Gasteiger charge is 2.46. The van der Waals surface area contributed by atoms with Crippen LogP contribution in [0, 0.1) is 0 Å². The second kappa shape index (κ2) is 8.23. The van der Waals surface area contributed by atoms with E-state index in [0.717, 1.165) is 12.8 Å². The van der Waals surface area contributed by atoms with Gasteiger partial charge < -0.3 is 19.5 Å². The lowest BCUT2D eigenvalue weighted by molar-refractivity contribution is -0.147. The number of unbranched alkanes of at least 4 members (excludes halogenated alkanes) is 1. The normalized spacial score (nSPS) is 19.7. The molecule has 1 aromatic carbocycles. The van der Waals surface area contributed by atoms with Crippen molar-refractivity contribution in [1.82, 2.24) is 4.90 Å². The molecule has 1 heterocycles. The van der Waals surface area contributed by atoms with Gasteiger partial charge in [-0.2, -0.15) is 0 Å². The van der Waals surface area contributed by atoms with Crippen molar-refractivity contribution in [3.8, 4) is 11.5 Å². The van der Waals surface area contributed by atoms with E-state index in [1.807, 2.05) is 6.92 Å². The van der Waals surface area contributed by atoms with Crippen molar-refractivity contribution in [3.63, 3.8) is 0 Å². The maximum Gasteiger partial charge on any atom is 0.329 e. The van der Waals surface area contributed by atoms with Crippen LogP contribution in [0.2, 0.25) is 0 Å². The molecule has 1 N–H and O–H groups in total. The van der Waals surface area contributed by atoms with Gasteiger partial charge in [0.25, 0.3) is 5.91 Å². The van der Waals surface area contributed by atoms with Crippen LogP contribution in [0.4, 0.5) is 0 Å². The number of nitrogens with zero attached hydrogens (tertiary/aromatic N) is 1. The first-order chi connectivity index (χ1) is 11.9. The third kappa shape index (κ3) is 4.06. The number of likely N-dealkylation sites (tertiary alicyclic amines) is 1. The number of carboxylic acids is 1. The molecule has 0 bridgehead atoms. The Bertz CT molecular complexity index is 630. The topological polar surface area (TPSA) is 76.1 Å². The highest BCUT2D eigenvalue weighted by molar-refractivity contribution is 5.98. The summed E-state index contributed by atoms with van der Waals surface area (Å²) in [6.07, 6.45) is 3.12. The zero-order valence-corrected chi connectivity index (χ0v) is 15.2. The lowest BCUT2D eigenvalue weighted by atomic mass is 9.98. The fourth-order valence-electron chi connectivity index (χ4n) is 3.02. The maximum absolute atomic E-state index is 12.9. The number of benzene rings is 1. The number of carboxylic acid groups (broad SMARTS) is 1. The van der Waals surface area contributed by atoms with Crippen molar-refractivity contribution in [2.75, 3.05) is 19.8 Å². The molecule has 1 unspecified atom stereocenters. The number of aliphatic carboxylic acids is 1. The lowest BCUT2D eigenvalue weighted by Crippen LogP contribution is -2.50. The van der Waals surface area contributed by atoms with Crippen LogP contribution < -0.4 is 9.47 Å². The Kier molecular flexibility index (Phi) is 6.28. The summed E-state index contributed by atoms with van der Waals surface area (Å²) < 4.78 is 11.3. The van der Waals surface area contributed by atoms with Gasteiger partial charge in [-0.1, -0.05) is 13.3 Å². The van der Waals surface area contributed by atoms with Gasteiger partial charge in [-0.25, -0.2) is 4.79 Å². The van der Waals surface area contributed by atoms with Crippen molar-refractivity contribution >= 4 is 11.9 Å². The third-order valence-electron chi connectivity index (χ3n) is 4.59. The number of rotatable bonds is 8. The Morgan fingerprint density at radius 3 is 2.64 bits per heavy atom. The first kappa shape index (κ1) is 19.1. The van der Waals surface area contributed by atoms with E-state index in [1.165, 1.54) is 4.90 Å². The summed E-state index contributed by atoms with van der Waals surface area (Å²) in [4.78, 5) is 25.9. The molecule has 138 valence electrons. The van der Waals surface area contributed by atoms with E-state index in [9.17, 15) is 14.7 Å². The van der Waals surface area contributed by atoms with E-state index in [2.05, 4.69) is 6.92 Å². The van der Waals surface area contributed by atoms with Gasteiger partial charge in [-0.15, -0.1) is 0 Å². The molecule has 0 aromatic heterocycles. The van der Waals surface area contributed by atoms with Crippen LogP contribution in [-0.4, -0.2) is 47.2 Å². The standard InChI is InChI=1S/C19H27NO5/c1-4-6-12-25-15-9-8-14(13-16(15)24-5-2)17(21)20-11-7-10-19(20,3)18(22)23/h8-9,13H,4-7,10-12H2,1-3H3,(H,22,23). The second-order valence-electron chi connectivity index (χ2n) is 6.44. The summed E-state index contributed by atoms with van der Waals surface area (Å²) in [5, 5.41) is 9.50. The summed E-state index contributed by atoms with van der Waals surface area (Å²) in [6.45, 7) is 7.05. The fraction of sp³-hybridized carbons (Fsp3) is 0.579. The predicted molar refractivity (Wildman–Crippen MR) is 94.3 cm³/mol. The van der Waals surface area contributed by atoms with Gasteiger partial charge in [-0.05, 0) is 51.3 Å². The molecule has 1 aliphatic heterocycles. The highest BCUT2D eigenvalue weighted by atomic mass is 16.5. The number of hydrogen-bond donors (Lipinski definition) is 1. The largest absolute Gasteiger partial charge is 0.490 e. The predicted octanol–water partition coefficient (Wildman–Crippen LogP) is 3.34. The Morgan fingerprint density at radius 1 is 1.24 bits per heavy atom. The molecular formula is C19H27NO5. The Balaban J connectivity index is 2.25. The summed E-state index contributed by atoms with van der Waals surface area (Å²) in [7, 11) is 0. The first-order valence-electron chi connectivity index (χ1n) is 8.89. The smallest absolute Gasteiger partial charge is 0.329 e. The van der Waals surface area contributed by atoms with Crippen molar-refractivity contribution in [2.24, 2.45) is 0 Å². The Morgan fingerprint density at radius 2 is 2.00 bits per heavy atom. The minimum Gasteiger partial charge on any atom is -0.490 e. The summed E-state index contributed by atoms with van der Waals surface area (Å²) in [5.74, 6) is -0.138. The van der Waals surface area contributed by atoms with E-state index in [4.69, 9.17) is 9.47 Å². The molecule has 1 saturated heterocycles. The monoisotopic (exact) mass is 349 g/mol. The van der Waals surface area contributed by atoms with Gasteiger partial charge in [0.2, 0.25) is 0 Å². The van der Waals surface area contributed by atoms with E-state index in [0.29, 0.717) is 49.7 Å². The fourth-order valence-corrected chi connectivity index (χ4v) is 3.02. The van der Waals surface area contributed by atoms with Gasteiger partial charge >= 0.3 is 5.97 Å². The van der Waals surface area contributed by atoms with Gasteiger partial charge in [0.1, 0.15) is 5.54 Å². The SMILES string of the molecule is CCCCOc1ccc(C(=O)N2CCCC2(C)C(=O)O)cc1OCC. The molecule has 1 atom stereocenters. The van der Waals surface area contributed by atoms with Crippen LogP contribution in [0.25, 0.3) is 0 Å². The van der Waals surface area contributed by atoms with Crippen molar-refractivity contribution in [1.29, 1.82) is 0 Å². The van der Waals surface area contributed by atoms with Crippen LogP contribution in [0.15, 0.2) is 18.2 Å². The summed E-state index contributed by atoms with van der Waals surface area (Å²) in [5.41, 5.74) is -0.736. The molecule has 1 aliphatic rings. The van der Waals surface area contributed by atoms with Crippen LogP contribution in [-0.2, 0) is 4.79 Å². The highest BCUT2D eigenvalue weighted by Crippen LogP contribution is 2.33. The van der Waals surface area contributed by atoms with Crippen LogP contribution in [0.3, 0.4) is 0 Å². The average molecular weight is 349 g/mol. The molecule has 1 fully saturated rings. The average Bonchev–Trinajstić information content (AvgIpc) is 2.99. The van der Waals surface area contributed by atoms with Gasteiger partial charge in [0.15, 0.2) is 11.5 Å². The molecule has 1 aromatic rings. The number of carbonyl (C=O) groups excluding carboxylic acids is 1. The third-order valence-corrected chi connectivity index (χ3v) is 4.59. The van der Waals surface area contributed by atoms with Crippen LogP contribution >= 0.6 is 0 Å². The Hall–Kier alpha value is -2.24. The van der Waals surface area contributed by atoms with Crippen LogP contribution in [0.5, 0.6) is 11.5 Å². The molecule has 0 aliphatic carbocycles. The van der Waals surface area contributed by atoms with E-state index in [1.54, 1.807) is 25.1 Å². The lowest BCUT2D eigenvalue weighted by Gasteiger charge is -2.31. The molecule has 6 heteroatoms. The van der Waals surface area contributed by atoms with Gasteiger partial charge in [0.05, 0.1) is 13.2 Å². The molecule has 2 rings (SSSR count). The molecule has 0 spiro atoms. The molecular weight excluding hydrogens is 322 g/mol. The molecule has 0 radical (unpaired) electrons. The van der Waals surface area contributed by atoms with E-state index >= 15 is 0 Å². The number of amides is 1. The summed E-state index contributed by atoms with van der Waals surface area (Å²) >= 11 is 0. The minimum atomic E-state index is -1.15.